The van der Waals surface area contributed by atoms with E-state index in [2.05, 4.69) is 26.2 Å². The van der Waals surface area contributed by atoms with Crippen LogP contribution in [-0.4, -0.2) is 22.6 Å². The van der Waals surface area contributed by atoms with Crippen LogP contribution in [0.4, 0.5) is 0 Å². The van der Waals surface area contributed by atoms with Crippen LogP contribution in [0.2, 0.25) is 0 Å². The summed E-state index contributed by atoms with van der Waals surface area (Å²) in [7, 11) is 0. The Morgan fingerprint density at radius 3 is 3.12 bits per heavy atom. The van der Waals surface area contributed by atoms with Gasteiger partial charge in [0.05, 0.1) is 23.3 Å². The molecule has 1 fully saturated rings. The number of halogens is 1. The molecule has 3 rings (SSSR count). The first-order chi connectivity index (χ1) is 8.25. The summed E-state index contributed by atoms with van der Waals surface area (Å²) >= 11 is 3.38. The Balaban J connectivity index is 2.18. The second-order valence-electron chi connectivity index (χ2n) is 4.27. The Hall–Kier alpha value is -1.20. The SMILES string of the molecule is O=c1c2ccc(Br)cc2ncn1C1CCNC1. The lowest BCUT2D eigenvalue weighted by molar-refractivity contribution is 0.525. The largest absolute Gasteiger partial charge is 0.315 e. The fraction of sp³-hybridized carbons (Fsp3) is 0.333. The zero-order valence-corrected chi connectivity index (χ0v) is 10.8. The molecule has 88 valence electrons. The van der Waals surface area contributed by atoms with Gasteiger partial charge in [0.15, 0.2) is 0 Å². The third-order valence-corrected chi connectivity index (χ3v) is 3.67. The summed E-state index contributed by atoms with van der Waals surface area (Å²) in [6.45, 7) is 1.82. The van der Waals surface area contributed by atoms with Gasteiger partial charge < -0.3 is 5.32 Å². The van der Waals surface area contributed by atoms with Crippen molar-refractivity contribution in [1.29, 1.82) is 0 Å². The molecule has 17 heavy (non-hydrogen) atoms. The van der Waals surface area contributed by atoms with Crippen molar-refractivity contribution in [1.82, 2.24) is 14.9 Å². The smallest absolute Gasteiger partial charge is 0.261 e. The van der Waals surface area contributed by atoms with Gasteiger partial charge in [-0.25, -0.2) is 4.98 Å². The Bertz CT molecular complexity index is 617. The first-order valence-corrected chi connectivity index (χ1v) is 6.42. The van der Waals surface area contributed by atoms with Gasteiger partial charge in [0.2, 0.25) is 0 Å². The molecule has 0 radical (unpaired) electrons. The molecule has 1 aliphatic heterocycles. The lowest BCUT2D eigenvalue weighted by Crippen LogP contribution is -2.26. The van der Waals surface area contributed by atoms with Crippen LogP contribution >= 0.6 is 15.9 Å². The van der Waals surface area contributed by atoms with Gasteiger partial charge in [-0.2, -0.15) is 0 Å². The van der Waals surface area contributed by atoms with Gasteiger partial charge in [-0.05, 0) is 31.2 Å². The number of nitrogens with one attached hydrogen (secondary N) is 1. The van der Waals surface area contributed by atoms with Crippen molar-refractivity contribution in [3.05, 3.63) is 39.4 Å². The van der Waals surface area contributed by atoms with E-state index in [-0.39, 0.29) is 11.6 Å². The average Bonchev–Trinajstić information content (AvgIpc) is 2.82. The molecular formula is C12H12BrN3O. The number of aromatic nitrogens is 2. The molecule has 1 aromatic heterocycles. The van der Waals surface area contributed by atoms with Gasteiger partial charge >= 0.3 is 0 Å². The van der Waals surface area contributed by atoms with Gasteiger partial charge in [0, 0.05) is 11.0 Å². The highest BCUT2D eigenvalue weighted by Gasteiger charge is 2.18. The van der Waals surface area contributed by atoms with E-state index < -0.39 is 0 Å². The minimum atomic E-state index is 0.0520. The molecule has 0 spiro atoms. The van der Waals surface area contributed by atoms with Crippen molar-refractivity contribution in [2.75, 3.05) is 13.1 Å². The molecule has 1 saturated heterocycles. The second kappa shape index (κ2) is 4.23. The maximum Gasteiger partial charge on any atom is 0.261 e. The second-order valence-corrected chi connectivity index (χ2v) is 5.18. The van der Waals surface area contributed by atoms with Crippen molar-refractivity contribution in [3.63, 3.8) is 0 Å². The number of benzene rings is 1. The summed E-state index contributed by atoms with van der Waals surface area (Å²) in [6.07, 6.45) is 2.65. The quantitative estimate of drug-likeness (QED) is 0.870. The van der Waals surface area contributed by atoms with Gasteiger partial charge in [-0.15, -0.1) is 0 Å². The van der Waals surface area contributed by atoms with Crippen LogP contribution in [0.15, 0.2) is 33.8 Å². The first-order valence-electron chi connectivity index (χ1n) is 5.63. The lowest BCUT2D eigenvalue weighted by Gasteiger charge is -2.12. The molecule has 2 aromatic rings. The van der Waals surface area contributed by atoms with Gasteiger partial charge in [-0.3, -0.25) is 9.36 Å². The maximum atomic E-state index is 12.3. The van der Waals surface area contributed by atoms with Gasteiger partial charge in [0.25, 0.3) is 5.56 Å². The minimum absolute atomic E-state index is 0.0520. The van der Waals surface area contributed by atoms with E-state index in [1.807, 2.05) is 18.2 Å². The van der Waals surface area contributed by atoms with E-state index >= 15 is 0 Å². The summed E-state index contributed by atoms with van der Waals surface area (Å²) in [5, 5.41) is 3.94. The van der Waals surface area contributed by atoms with E-state index in [4.69, 9.17) is 0 Å². The molecular weight excluding hydrogens is 282 g/mol. The Kier molecular flexibility index (Phi) is 2.72. The predicted octanol–water partition coefficient (Wildman–Crippen LogP) is 1.69. The van der Waals surface area contributed by atoms with E-state index in [1.54, 1.807) is 10.9 Å². The number of nitrogens with zero attached hydrogens (tertiary/aromatic N) is 2. The monoisotopic (exact) mass is 293 g/mol. The molecule has 0 aliphatic carbocycles. The van der Waals surface area contributed by atoms with Crippen LogP contribution in [0.1, 0.15) is 12.5 Å². The van der Waals surface area contributed by atoms with E-state index in [1.165, 1.54) is 0 Å². The van der Waals surface area contributed by atoms with Gasteiger partial charge in [-0.1, -0.05) is 15.9 Å². The third kappa shape index (κ3) is 1.89. The molecule has 0 saturated carbocycles. The summed E-state index contributed by atoms with van der Waals surface area (Å²) in [6, 6.07) is 5.81. The lowest BCUT2D eigenvalue weighted by atomic mass is 10.2. The highest BCUT2D eigenvalue weighted by molar-refractivity contribution is 9.10. The van der Waals surface area contributed by atoms with Crippen LogP contribution in [0, 0.1) is 0 Å². The molecule has 2 heterocycles. The molecule has 1 N–H and O–H groups in total. The molecule has 1 unspecified atom stereocenters. The Morgan fingerprint density at radius 1 is 1.47 bits per heavy atom. The fourth-order valence-electron chi connectivity index (χ4n) is 2.25. The molecule has 5 heteroatoms. The molecule has 1 aliphatic rings. The molecule has 4 nitrogen and oxygen atoms in total. The zero-order chi connectivity index (χ0) is 11.8. The van der Waals surface area contributed by atoms with Gasteiger partial charge in [0.1, 0.15) is 0 Å². The Morgan fingerprint density at radius 2 is 2.35 bits per heavy atom. The zero-order valence-electron chi connectivity index (χ0n) is 9.19. The van der Waals surface area contributed by atoms with E-state index in [0.29, 0.717) is 5.39 Å². The van der Waals surface area contributed by atoms with Crippen LogP contribution < -0.4 is 10.9 Å². The molecule has 1 aromatic carbocycles. The topological polar surface area (TPSA) is 46.9 Å². The maximum absolute atomic E-state index is 12.3. The normalized spacial score (nSPS) is 19.9. The number of rotatable bonds is 1. The summed E-state index contributed by atoms with van der Waals surface area (Å²) < 4.78 is 2.69. The molecule has 0 bridgehead atoms. The standard InChI is InChI=1S/C12H12BrN3O/c13-8-1-2-10-11(5-8)15-7-16(12(10)17)9-3-4-14-6-9/h1-2,5,7,9,14H,3-4,6H2. The summed E-state index contributed by atoms with van der Waals surface area (Å²) in [5.74, 6) is 0. The van der Waals surface area contributed by atoms with Crippen LogP contribution in [-0.2, 0) is 0 Å². The van der Waals surface area contributed by atoms with Crippen molar-refractivity contribution in [2.45, 2.75) is 12.5 Å². The van der Waals surface area contributed by atoms with Crippen molar-refractivity contribution in [3.8, 4) is 0 Å². The average molecular weight is 294 g/mol. The third-order valence-electron chi connectivity index (χ3n) is 3.17. The van der Waals surface area contributed by atoms with Crippen LogP contribution in [0.25, 0.3) is 10.9 Å². The fourth-order valence-corrected chi connectivity index (χ4v) is 2.59. The minimum Gasteiger partial charge on any atom is -0.315 e. The summed E-state index contributed by atoms with van der Waals surface area (Å²) in [4.78, 5) is 16.7. The number of hydrogen-bond donors (Lipinski definition) is 1. The highest BCUT2D eigenvalue weighted by Crippen LogP contribution is 2.17. The van der Waals surface area contributed by atoms with Crippen molar-refractivity contribution < 1.29 is 0 Å². The first kappa shape index (κ1) is 10.9. The molecule has 0 amide bonds. The van der Waals surface area contributed by atoms with E-state index in [0.717, 1.165) is 29.5 Å². The van der Waals surface area contributed by atoms with Crippen molar-refractivity contribution >= 4 is 26.8 Å². The highest BCUT2D eigenvalue weighted by atomic mass is 79.9. The predicted molar refractivity (Wildman–Crippen MR) is 70.2 cm³/mol. The van der Waals surface area contributed by atoms with Crippen molar-refractivity contribution in [2.24, 2.45) is 0 Å². The van der Waals surface area contributed by atoms with Crippen LogP contribution in [0.3, 0.4) is 0 Å². The Labute approximate surface area is 107 Å². The van der Waals surface area contributed by atoms with Crippen LogP contribution in [0.5, 0.6) is 0 Å². The number of fused-ring (bicyclic) bond motifs is 1. The van der Waals surface area contributed by atoms with E-state index in [9.17, 15) is 4.79 Å². The molecule has 1 atom stereocenters. The number of hydrogen-bond acceptors (Lipinski definition) is 3. The summed E-state index contributed by atoms with van der Waals surface area (Å²) in [5.41, 5.74) is 0.794.